The van der Waals surface area contributed by atoms with Gasteiger partial charge in [-0.15, -0.1) is 0 Å². The zero-order valence-electron chi connectivity index (χ0n) is 12.0. The summed E-state index contributed by atoms with van der Waals surface area (Å²) in [6.45, 7) is 1.56. The van der Waals surface area contributed by atoms with Gasteiger partial charge in [0.05, 0.1) is 31.0 Å². The molecule has 5 nitrogen and oxygen atoms in total. The number of methoxy groups -OCH3 is 1. The Morgan fingerprint density at radius 3 is 2.90 bits per heavy atom. The second kappa shape index (κ2) is 5.98. The van der Waals surface area contributed by atoms with E-state index in [-0.39, 0.29) is 0 Å². The van der Waals surface area contributed by atoms with Gasteiger partial charge in [-0.3, -0.25) is 4.68 Å². The lowest BCUT2D eigenvalue weighted by Gasteiger charge is -2.22. The van der Waals surface area contributed by atoms with Crippen LogP contribution in [0.15, 0.2) is 30.6 Å². The number of nitrogens with zero attached hydrogens (tertiary/aromatic N) is 3. The van der Waals surface area contributed by atoms with E-state index < -0.39 is 0 Å². The van der Waals surface area contributed by atoms with Crippen molar-refractivity contribution in [1.29, 1.82) is 5.26 Å². The van der Waals surface area contributed by atoms with Crippen molar-refractivity contribution in [2.75, 3.05) is 20.3 Å². The third-order valence-corrected chi connectivity index (χ3v) is 3.82. The van der Waals surface area contributed by atoms with Crippen molar-refractivity contribution in [3.8, 4) is 22.9 Å². The number of benzene rings is 1. The fourth-order valence-corrected chi connectivity index (χ4v) is 2.61. The van der Waals surface area contributed by atoms with Crippen LogP contribution in [0.2, 0.25) is 0 Å². The lowest BCUT2D eigenvalue weighted by Crippen LogP contribution is -2.19. The van der Waals surface area contributed by atoms with Crippen molar-refractivity contribution in [1.82, 2.24) is 9.78 Å². The first kappa shape index (κ1) is 13.7. The lowest BCUT2D eigenvalue weighted by molar-refractivity contribution is 0.0662. The molecule has 3 rings (SSSR count). The van der Waals surface area contributed by atoms with Crippen LogP contribution in [0.4, 0.5) is 0 Å². The number of ether oxygens (including phenoxy) is 2. The highest BCUT2D eigenvalue weighted by molar-refractivity contribution is 5.71. The van der Waals surface area contributed by atoms with Crippen molar-refractivity contribution < 1.29 is 9.47 Å². The number of rotatable bonds is 3. The Morgan fingerprint density at radius 2 is 2.19 bits per heavy atom. The first-order valence-electron chi connectivity index (χ1n) is 7.02. The van der Waals surface area contributed by atoms with E-state index in [0.717, 1.165) is 42.9 Å². The van der Waals surface area contributed by atoms with E-state index in [2.05, 4.69) is 11.2 Å². The minimum absolute atomic E-state index is 0.378. The molecule has 1 aliphatic rings. The minimum Gasteiger partial charge on any atom is -0.497 e. The molecule has 0 amide bonds. The van der Waals surface area contributed by atoms with Gasteiger partial charge in [0.1, 0.15) is 5.75 Å². The average molecular weight is 283 g/mol. The summed E-state index contributed by atoms with van der Waals surface area (Å²) in [4.78, 5) is 0. The van der Waals surface area contributed by atoms with E-state index >= 15 is 0 Å². The number of hydrogen-bond acceptors (Lipinski definition) is 4. The molecule has 2 aromatic rings. The highest BCUT2D eigenvalue weighted by Crippen LogP contribution is 2.29. The molecular formula is C16H17N3O2. The van der Waals surface area contributed by atoms with Gasteiger partial charge in [-0.2, -0.15) is 10.4 Å². The predicted octanol–water partition coefficient (Wildman–Crippen LogP) is 2.78. The number of hydrogen-bond donors (Lipinski definition) is 0. The van der Waals surface area contributed by atoms with Crippen molar-refractivity contribution in [3.63, 3.8) is 0 Å². The monoisotopic (exact) mass is 283 g/mol. The predicted molar refractivity (Wildman–Crippen MR) is 78.0 cm³/mol. The Labute approximate surface area is 123 Å². The molecule has 0 radical (unpaired) electrons. The average Bonchev–Trinajstić information content (AvgIpc) is 3.05. The summed E-state index contributed by atoms with van der Waals surface area (Å²) in [5.41, 5.74) is 2.43. The second-order valence-electron chi connectivity index (χ2n) is 5.08. The summed E-state index contributed by atoms with van der Waals surface area (Å²) in [6.07, 6.45) is 5.77. The van der Waals surface area contributed by atoms with E-state index in [1.165, 1.54) is 0 Å². The van der Waals surface area contributed by atoms with Crippen molar-refractivity contribution in [3.05, 3.63) is 36.2 Å². The normalized spacial score (nSPS) is 15.6. The fourth-order valence-electron chi connectivity index (χ4n) is 2.61. The second-order valence-corrected chi connectivity index (χ2v) is 5.08. The topological polar surface area (TPSA) is 60.1 Å². The maximum Gasteiger partial charge on any atom is 0.119 e. The molecule has 0 N–H and O–H groups in total. The van der Waals surface area contributed by atoms with Gasteiger partial charge in [0.25, 0.3) is 0 Å². The summed E-state index contributed by atoms with van der Waals surface area (Å²) in [6, 6.07) is 8.05. The molecule has 0 saturated carbocycles. The summed E-state index contributed by atoms with van der Waals surface area (Å²) in [5.74, 6) is 0.739. The quantitative estimate of drug-likeness (QED) is 0.869. The summed E-state index contributed by atoms with van der Waals surface area (Å²) >= 11 is 0. The molecule has 21 heavy (non-hydrogen) atoms. The SMILES string of the molecule is COc1ccc(C#N)c(-c2cnn(C3CCOCC3)c2)c1. The van der Waals surface area contributed by atoms with Crippen LogP contribution in [-0.2, 0) is 4.74 Å². The van der Waals surface area contributed by atoms with E-state index in [0.29, 0.717) is 11.6 Å². The van der Waals surface area contributed by atoms with Gasteiger partial charge in [0.15, 0.2) is 0 Å². The Bertz CT molecular complexity index is 666. The van der Waals surface area contributed by atoms with Gasteiger partial charge in [-0.05, 0) is 31.0 Å². The lowest BCUT2D eigenvalue weighted by atomic mass is 10.0. The van der Waals surface area contributed by atoms with Crippen LogP contribution in [0.25, 0.3) is 11.1 Å². The molecule has 1 saturated heterocycles. The van der Waals surface area contributed by atoms with Crippen LogP contribution >= 0.6 is 0 Å². The third-order valence-electron chi connectivity index (χ3n) is 3.82. The molecule has 0 bridgehead atoms. The van der Waals surface area contributed by atoms with E-state index in [9.17, 15) is 5.26 Å². The maximum absolute atomic E-state index is 9.26. The molecule has 0 atom stereocenters. The van der Waals surface area contributed by atoms with E-state index in [4.69, 9.17) is 9.47 Å². The van der Waals surface area contributed by atoms with Crippen molar-refractivity contribution in [2.45, 2.75) is 18.9 Å². The van der Waals surface area contributed by atoms with Crippen LogP contribution in [0.5, 0.6) is 5.75 Å². The zero-order valence-corrected chi connectivity index (χ0v) is 12.0. The molecule has 0 spiro atoms. The van der Waals surface area contributed by atoms with Crippen molar-refractivity contribution in [2.24, 2.45) is 0 Å². The molecule has 1 aromatic carbocycles. The molecule has 0 unspecified atom stereocenters. The first-order chi connectivity index (χ1) is 10.3. The van der Waals surface area contributed by atoms with Gasteiger partial charge in [-0.25, -0.2) is 0 Å². The molecule has 0 aliphatic carbocycles. The zero-order chi connectivity index (χ0) is 14.7. The molecular weight excluding hydrogens is 266 g/mol. The highest BCUT2D eigenvalue weighted by atomic mass is 16.5. The smallest absolute Gasteiger partial charge is 0.119 e. The molecule has 1 aliphatic heterocycles. The Kier molecular flexibility index (Phi) is 3.89. The maximum atomic E-state index is 9.26. The van der Waals surface area contributed by atoms with Gasteiger partial charge in [-0.1, -0.05) is 0 Å². The van der Waals surface area contributed by atoms with Crippen LogP contribution in [0, 0.1) is 11.3 Å². The van der Waals surface area contributed by atoms with E-state index in [1.807, 2.05) is 23.1 Å². The van der Waals surface area contributed by atoms with E-state index in [1.54, 1.807) is 19.2 Å². The summed E-state index contributed by atoms with van der Waals surface area (Å²) in [7, 11) is 1.62. The molecule has 5 heteroatoms. The molecule has 108 valence electrons. The third kappa shape index (κ3) is 2.76. The fraction of sp³-hybridized carbons (Fsp3) is 0.375. The van der Waals surface area contributed by atoms with Gasteiger partial charge in [0, 0.05) is 30.5 Å². The summed E-state index contributed by atoms with van der Waals surface area (Å²) in [5, 5.41) is 13.7. The Morgan fingerprint density at radius 1 is 1.38 bits per heavy atom. The van der Waals surface area contributed by atoms with Crippen LogP contribution in [0.1, 0.15) is 24.4 Å². The van der Waals surface area contributed by atoms with Gasteiger partial charge < -0.3 is 9.47 Å². The largest absolute Gasteiger partial charge is 0.497 e. The van der Waals surface area contributed by atoms with Gasteiger partial charge >= 0.3 is 0 Å². The van der Waals surface area contributed by atoms with Crippen LogP contribution in [0.3, 0.4) is 0 Å². The Balaban J connectivity index is 1.94. The van der Waals surface area contributed by atoms with Crippen molar-refractivity contribution >= 4 is 0 Å². The standard InChI is InChI=1S/C16H17N3O2/c1-20-15-3-2-12(9-17)16(8-15)13-10-18-19(11-13)14-4-6-21-7-5-14/h2-3,8,10-11,14H,4-7H2,1H3. The number of nitriles is 1. The number of aromatic nitrogens is 2. The minimum atomic E-state index is 0.378. The highest BCUT2D eigenvalue weighted by Gasteiger charge is 2.17. The molecule has 1 aromatic heterocycles. The van der Waals surface area contributed by atoms with Gasteiger partial charge in [0.2, 0.25) is 0 Å². The molecule has 1 fully saturated rings. The molecule has 2 heterocycles. The first-order valence-corrected chi connectivity index (χ1v) is 7.02. The Hall–Kier alpha value is -2.32. The van der Waals surface area contributed by atoms with Crippen LogP contribution < -0.4 is 4.74 Å². The summed E-state index contributed by atoms with van der Waals surface area (Å²) < 4.78 is 12.6. The van der Waals surface area contributed by atoms with Crippen LogP contribution in [-0.4, -0.2) is 30.1 Å².